The van der Waals surface area contributed by atoms with Crippen molar-refractivity contribution in [2.75, 3.05) is 11.1 Å². The van der Waals surface area contributed by atoms with Crippen molar-refractivity contribution in [2.24, 2.45) is 0 Å². The van der Waals surface area contributed by atoms with Gasteiger partial charge in [-0.25, -0.2) is 4.98 Å². The molecule has 3 N–H and O–H groups in total. The fraction of sp³-hybridized carbons (Fsp3) is 0.579. The van der Waals surface area contributed by atoms with Crippen molar-refractivity contribution in [1.82, 2.24) is 15.0 Å². The minimum Gasteiger partial charge on any atom is -0.368 e. The number of Topliss-reactive ketones (excluding diaryl/α,β-unsaturated/α-hetero) is 1. The summed E-state index contributed by atoms with van der Waals surface area (Å²) in [6.07, 6.45) is 7.17. The first kappa shape index (κ1) is 19.1. The van der Waals surface area contributed by atoms with Gasteiger partial charge in [-0.2, -0.15) is 4.98 Å². The molecule has 1 atom stereocenters. The molecular formula is C19H29N5O. The number of aromatic nitrogens is 3. The van der Waals surface area contributed by atoms with E-state index in [9.17, 15) is 4.79 Å². The normalized spacial score (nSPS) is 13.6. The Kier molecular flexibility index (Phi) is 6.28. The topological polar surface area (TPSA) is 93.8 Å². The lowest BCUT2D eigenvalue weighted by molar-refractivity contribution is -0.117. The maximum Gasteiger partial charge on any atom is 0.222 e. The number of nitrogens with zero attached hydrogens (tertiary/aromatic N) is 3. The van der Waals surface area contributed by atoms with Gasteiger partial charge in [-0.15, -0.1) is 0 Å². The van der Waals surface area contributed by atoms with Crippen LogP contribution >= 0.6 is 0 Å². The second-order valence-corrected chi connectivity index (χ2v) is 6.99. The number of nitrogens with two attached hydrogens (primary N) is 1. The van der Waals surface area contributed by atoms with Crippen LogP contribution in [0, 0.1) is 0 Å². The van der Waals surface area contributed by atoms with Gasteiger partial charge in [0.1, 0.15) is 11.3 Å². The van der Waals surface area contributed by atoms with Gasteiger partial charge in [-0.05, 0) is 44.7 Å². The zero-order valence-electron chi connectivity index (χ0n) is 15.7. The molecule has 25 heavy (non-hydrogen) atoms. The third-order valence-corrected chi connectivity index (χ3v) is 4.55. The predicted molar refractivity (Wildman–Crippen MR) is 103 cm³/mol. The van der Waals surface area contributed by atoms with Gasteiger partial charge in [0.05, 0.1) is 5.52 Å². The van der Waals surface area contributed by atoms with Gasteiger partial charge in [-0.3, -0.25) is 4.98 Å². The van der Waals surface area contributed by atoms with Crippen LogP contribution < -0.4 is 11.1 Å². The van der Waals surface area contributed by atoms with Gasteiger partial charge in [0, 0.05) is 18.2 Å². The summed E-state index contributed by atoms with van der Waals surface area (Å²) < 4.78 is 0. The molecule has 0 bridgehead atoms. The number of aryl methyl sites for hydroxylation is 1. The summed E-state index contributed by atoms with van der Waals surface area (Å²) in [5, 5.41) is 3.52. The van der Waals surface area contributed by atoms with Crippen LogP contribution in [0.15, 0.2) is 12.3 Å². The van der Waals surface area contributed by atoms with Gasteiger partial charge in [0.15, 0.2) is 5.82 Å². The van der Waals surface area contributed by atoms with Crippen LogP contribution in [0.1, 0.15) is 65.4 Å². The van der Waals surface area contributed by atoms with Gasteiger partial charge in [0.25, 0.3) is 0 Å². The van der Waals surface area contributed by atoms with Crippen LogP contribution in [0.3, 0.4) is 0 Å². The second-order valence-electron chi connectivity index (χ2n) is 6.99. The Bertz CT molecular complexity index is 746. The first-order valence-electron chi connectivity index (χ1n) is 9.06. The molecule has 136 valence electrons. The van der Waals surface area contributed by atoms with Crippen molar-refractivity contribution in [2.45, 2.75) is 71.8 Å². The number of ketones is 1. The van der Waals surface area contributed by atoms with Crippen LogP contribution in [0.2, 0.25) is 0 Å². The molecule has 2 rings (SSSR count). The molecule has 6 nitrogen and oxygen atoms in total. The quantitative estimate of drug-likeness (QED) is 0.717. The number of hydrogen-bond donors (Lipinski definition) is 2. The Labute approximate surface area is 149 Å². The summed E-state index contributed by atoms with van der Waals surface area (Å²) in [5.74, 6) is 1.07. The van der Waals surface area contributed by atoms with Gasteiger partial charge in [0.2, 0.25) is 5.95 Å². The van der Waals surface area contributed by atoms with E-state index in [-0.39, 0.29) is 17.3 Å². The third-order valence-electron chi connectivity index (χ3n) is 4.55. The highest BCUT2D eigenvalue weighted by molar-refractivity contribution is 5.86. The number of fused-ring (bicyclic) bond motifs is 1. The molecular weight excluding hydrogens is 314 g/mol. The number of hydrogen-bond acceptors (Lipinski definition) is 6. The maximum absolute atomic E-state index is 11.5. The molecule has 2 aromatic rings. The average Bonchev–Trinajstić information content (AvgIpc) is 2.57. The number of pyridine rings is 1. The van der Waals surface area contributed by atoms with Crippen molar-refractivity contribution < 1.29 is 4.79 Å². The largest absolute Gasteiger partial charge is 0.368 e. The molecule has 0 aliphatic carbocycles. The van der Waals surface area contributed by atoms with Crippen molar-refractivity contribution in [3.05, 3.63) is 17.8 Å². The molecule has 0 aromatic carbocycles. The van der Waals surface area contributed by atoms with E-state index in [1.54, 1.807) is 6.92 Å². The zero-order chi connectivity index (χ0) is 18.4. The lowest BCUT2D eigenvalue weighted by Crippen LogP contribution is -2.36. The lowest BCUT2D eigenvalue weighted by atomic mass is 9.89. The van der Waals surface area contributed by atoms with E-state index >= 15 is 0 Å². The summed E-state index contributed by atoms with van der Waals surface area (Å²) in [5.41, 5.74) is 8.26. The number of carbonyl (C=O) groups is 1. The molecule has 0 fully saturated rings. The summed E-state index contributed by atoms with van der Waals surface area (Å²) in [4.78, 5) is 24.7. The standard InChI is InChI=1S/C19H29N5O/c1-5-7-9-19(4,10-8-13(3)25)24-17-16-15(22-18(20)23-17)11-14(6-2)12-21-16/h11-12H,5-10H2,1-4H3,(H3,20,22,23,24)/t19-/m1/s1. The molecule has 0 aliphatic heterocycles. The summed E-state index contributed by atoms with van der Waals surface area (Å²) in [6.45, 7) is 8.01. The molecule has 2 aromatic heterocycles. The molecule has 0 radical (unpaired) electrons. The summed E-state index contributed by atoms with van der Waals surface area (Å²) in [6, 6.07) is 2.00. The van der Waals surface area contributed by atoms with Crippen LogP contribution in [0.5, 0.6) is 0 Å². The minimum absolute atomic E-state index is 0.197. The van der Waals surface area contributed by atoms with Crippen LogP contribution in [0.4, 0.5) is 11.8 Å². The number of unbranched alkanes of at least 4 members (excludes halogenated alkanes) is 1. The zero-order valence-corrected chi connectivity index (χ0v) is 15.7. The number of nitrogen functional groups attached to an aromatic ring is 1. The molecule has 0 amide bonds. The van der Waals surface area contributed by atoms with Crippen LogP contribution in [-0.4, -0.2) is 26.3 Å². The number of anilines is 2. The van der Waals surface area contributed by atoms with Gasteiger partial charge >= 0.3 is 0 Å². The monoisotopic (exact) mass is 343 g/mol. The molecule has 0 unspecified atom stereocenters. The van der Waals surface area contributed by atoms with Crippen molar-refractivity contribution in [3.8, 4) is 0 Å². The molecule has 0 aliphatic rings. The molecule has 0 saturated heterocycles. The molecule has 6 heteroatoms. The third kappa shape index (κ3) is 5.11. The fourth-order valence-electron chi connectivity index (χ4n) is 2.91. The SMILES string of the molecule is CCCC[C@](C)(CCC(C)=O)Nc1nc(N)nc2cc(CC)cnc12. The Hall–Kier alpha value is -2.24. The molecule has 0 spiro atoms. The first-order chi connectivity index (χ1) is 11.9. The average molecular weight is 343 g/mol. The lowest BCUT2D eigenvalue weighted by Gasteiger charge is -2.31. The minimum atomic E-state index is -0.236. The predicted octanol–water partition coefficient (Wildman–Crippen LogP) is 3.90. The number of carbonyl (C=O) groups excluding carboxylic acids is 1. The van der Waals surface area contributed by atoms with E-state index in [1.165, 1.54) is 0 Å². The highest BCUT2D eigenvalue weighted by atomic mass is 16.1. The van der Waals surface area contributed by atoms with Gasteiger partial charge in [-0.1, -0.05) is 26.7 Å². The Morgan fingerprint density at radius 3 is 2.68 bits per heavy atom. The highest BCUT2D eigenvalue weighted by Gasteiger charge is 2.26. The first-order valence-corrected chi connectivity index (χ1v) is 9.06. The van der Waals surface area contributed by atoms with Crippen molar-refractivity contribution in [1.29, 1.82) is 0 Å². The van der Waals surface area contributed by atoms with E-state index in [0.717, 1.165) is 48.7 Å². The fourth-order valence-corrected chi connectivity index (χ4v) is 2.91. The van der Waals surface area contributed by atoms with E-state index in [4.69, 9.17) is 5.73 Å². The van der Waals surface area contributed by atoms with E-state index in [2.05, 4.69) is 41.0 Å². The summed E-state index contributed by atoms with van der Waals surface area (Å²) >= 11 is 0. The number of nitrogens with one attached hydrogen (secondary N) is 1. The van der Waals surface area contributed by atoms with E-state index in [0.29, 0.717) is 12.2 Å². The van der Waals surface area contributed by atoms with E-state index in [1.807, 2.05) is 12.3 Å². The van der Waals surface area contributed by atoms with Crippen LogP contribution in [-0.2, 0) is 11.2 Å². The van der Waals surface area contributed by atoms with Gasteiger partial charge < -0.3 is 15.8 Å². The summed E-state index contributed by atoms with van der Waals surface area (Å²) in [7, 11) is 0. The van der Waals surface area contributed by atoms with Crippen molar-refractivity contribution >= 4 is 28.6 Å². The van der Waals surface area contributed by atoms with Crippen LogP contribution in [0.25, 0.3) is 11.0 Å². The Morgan fingerprint density at radius 2 is 2.04 bits per heavy atom. The number of rotatable bonds is 9. The Balaban J connectivity index is 2.38. The molecule has 2 heterocycles. The second kappa shape index (κ2) is 8.23. The smallest absolute Gasteiger partial charge is 0.222 e. The van der Waals surface area contributed by atoms with E-state index < -0.39 is 0 Å². The highest BCUT2D eigenvalue weighted by Crippen LogP contribution is 2.29. The van der Waals surface area contributed by atoms with Crippen molar-refractivity contribution in [3.63, 3.8) is 0 Å². The molecule has 0 saturated carbocycles. The maximum atomic E-state index is 11.5. The Morgan fingerprint density at radius 1 is 1.28 bits per heavy atom.